The third kappa shape index (κ3) is 1.50. The predicted octanol–water partition coefficient (Wildman–Crippen LogP) is 2.08. The van der Waals surface area contributed by atoms with Crippen LogP contribution in [0, 0.1) is 13.8 Å². The Morgan fingerprint density at radius 1 is 1.41 bits per heavy atom. The molecule has 0 radical (unpaired) electrons. The molecule has 1 N–H and O–H groups in total. The van der Waals surface area contributed by atoms with Gasteiger partial charge in [0.1, 0.15) is 11.5 Å². The molecule has 3 rings (SSSR count). The monoisotopic (exact) mass is 231 g/mol. The highest BCUT2D eigenvalue weighted by atomic mass is 16.4. The summed E-state index contributed by atoms with van der Waals surface area (Å²) in [4.78, 5) is 19.9. The lowest BCUT2D eigenvalue weighted by Gasteiger charge is -2.03. The Bertz CT molecular complexity index is 626. The summed E-state index contributed by atoms with van der Waals surface area (Å²) in [5.41, 5.74) is 1.81. The third-order valence-electron chi connectivity index (χ3n) is 3.14. The highest BCUT2D eigenvalue weighted by molar-refractivity contribution is 6.03. The minimum atomic E-state index is -0.912. The van der Waals surface area contributed by atoms with Crippen molar-refractivity contribution in [2.24, 2.45) is 0 Å². The number of hydrogen-bond acceptors (Lipinski definition) is 3. The number of carboxylic acid groups (broad SMARTS) is 1. The molecule has 17 heavy (non-hydrogen) atoms. The summed E-state index contributed by atoms with van der Waals surface area (Å²) in [5.74, 6) is -0.225. The van der Waals surface area contributed by atoms with Gasteiger partial charge < -0.3 is 9.67 Å². The van der Waals surface area contributed by atoms with Crippen molar-refractivity contribution in [2.75, 3.05) is 0 Å². The van der Waals surface area contributed by atoms with Crippen molar-refractivity contribution in [1.29, 1.82) is 0 Å². The maximum Gasteiger partial charge on any atom is 0.338 e. The van der Waals surface area contributed by atoms with E-state index >= 15 is 0 Å². The summed E-state index contributed by atoms with van der Waals surface area (Å²) in [6.07, 6.45) is 3.90. The lowest BCUT2D eigenvalue weighted by atomic mass is 10.2. The molecule has 0 aliphatic heterocycles. The molecule has 2 heterocycles. The Morgan fingerprint density at radius 3 is 2.71 bits per heavy atom. The lowest BCUT2D eigenvalue weighted by molar-refractivity contribution is 0.0698. The first-order valence-electron chi connectivity index (χ1n) is 5.67. The van der Waals surface area contributed by atoms with Crippen molar-refractivity contribution in [3.63, 3.8) is 0 Å². The SMILES string of the molecule is Cc1nc(C)c2c(C(=O)O)cn(C3CC3)c2n1. The third-order valence-corrected chi connectivity index (χ3v) is 3.14. The van der Waals surface area contributed by atoms with Gasteiger partial charge in [0.15, 0.2) is 0 Å². The first-order chi connectivity index (χ1) is 8.08. The Labute approximate surface area is 98.1 Å². The van der Waals surface area contributed by atoms with E-state index in [0.29, 0.717) is 22.8 Å². The number of aromatic carboxylic acids is 1. The van der Waals surface area contributed by atoms with Gasteiger partial charge in [-0.25, -0.2) is 14.8 Å². The Kier molecular flexibility index (Phi) is 1.98. The first kappa shape index (κ1) is 10.3. The second-order valence-corrected chi connectivity index (χ2v) is 4.54. The Hall–Kier alpha value is -1.91. The number of carbonyl (C=O) groups is 1. The van der Waals surface area contributed by atoms with Gasteiger partial charge in [0.05, 0.1) is 16.6 Å². The molecule has 2 aromatic rings. The first-order valence-corrected chi connectivity index (χ1v) is 5.67. The fourth-order valence-electron chi connectivity index (χ4n) is 2.25. The zero-order chi connectivity index (χ0) is 12.2. The largest absolute Gasteiger partial charge is 0.478 e. The molecular weight excluding hydrogens is 218 g/mol. The van der Waals surface area contributed by atoms with Gasteiger partial charge in [-0.1, -0.05) is 0 Å². The molecule has 0 unspecified atom stereocenters. The molecule has 0 saturated heterocycles. The fourth-order valence-corrected chi connectivity index (χ4v) is 2.25. The van der Waals surface area contributed by atoms with E-state index in [-0.39, 0.29) is 0 Å². The van der Waals surface area contributed by atoms with Gasteiger partial charge in [-0.2, -0.15) is 0 Å². The predicted molar refractivity (Wildman–Crippen MR) is 62.2 cm³/mol. The van der Waals surface area contributed by atoms with Gasteiger partial charge in [0.2, 0.25) is 0 Å². The van der Waals surface area contributed by atoms with Crippen LogP contribution in [0.25, 0.3) is 11.0 Å². The maximum absolute atomic E-state index is 11.2. The highest BCUT2D eigenvalue weighted by Gasteiger charge is 2.28. The molecule has 0 spiro atoms. The summed E-state index contributed by atoms with van der Waals surface area (Å²) in [7, 11) is 0. The van der Waals surface area contributed by atoms with Gasteiger partial charge in [0.25, 0.3) is 0 Å². The minimum Gasteiger partial charge on any atom is -0.478 e. The molecular formula is C12H13N3O2. The van der Waals surface area contributed by atoms with E-state index in [1.165, 1.54) is 0 Å². The van der Waals surface area contributed by atoms with Gasteiger partial charge >= 0.3 is 5.97 Å². The number of hydrogen-bond donors (Lipinski definition) is 1. The molecule has 5 heteroatoms. The normalized spacial score (nSPS) is 15.4. The number of aromatic nitrogens is 3. The van der Waals surface area contributed by atoms with Crippen LogP contribution in [0.5, 0.6) is 0 Å². The lowest BCUT2D eigenvalue weighted by Crippen LogP contribution is -1.98. The van der Waals surface area contributed by atoms with Crippen molar-refractivity contribution >= 4 is 17.0 Å². The fraction of sp³-hybridized carbons (Fsp3) is 0.417. The van der Waals surface area contributed by atoms with E-state index in [9.17, 15) is 9.90 Å². The van der Waals surface area contributed by atoms with Crippen molar-refractivity contribution in [3.8, 4) is 0 Å². The van der Waals surface area contributed by atoms with Crippen LogP contribution in [-0.4, -0.2) is 25.6 Å². The molecule has 1 saturated carbocycles. The van der Waals surface area contributed by atoms with E-state index in [0.717, 1.165) is 24.2 Å². The second kappa shape index (κ2) is 3.29. The Balaban J connectivity index is 2.39. The van der Waals surface area contributed by atoms with Gasteiger partial charge in [0, 0.05) is 12.2 Å². The summed E-state index contributed by atoms with van der Waals surface area (Å²) in [5, 5.41) is 9.90. The van der Waals surface area contributed by atoms with E-state index in [2.05, 4.69) is 9.97 Å². The van der Waals surface area contributed by atoms with E-state index in [1.54, 1.807) is 6.20 Å². The molecule has 1 aliphatic carbocycles. The van der Waals surface area contributed by atoms with Gasteiger partial charge in [-0.3, -0.25) is 0 Å². The topological polar surface area (TPSA) is 68.0 Å². The number of rotatable bonds is 2. The molecule has 0 aromatic carbocycles. The van der Waals surface area contributed by atoms with Crippen LogP contribution in [0.2, 0.25) is 0 Å². The quantitative estimate of drug-likeness (QED) is 0.859. The van der Waals surface area contributed by atoms with Crippen molar-refractivity contribution in [1.82, 2.24) is 14.5 Å². The summed E-state index contributed by atoms with van der Waals surface area (Å²) in [6.45, 7) is 3.66. The standard InChI is InChI=1S/C12H13N3O2/c1-6-10-9(12(16)17)5-15(8-3-4-8)11(10)14-7(2)13-6/h5,8H,3-4H2,1-2H3,(H,16,17). The average molecular weight is 231 g/mol. The van der Waals surface area contributed by atoms with Crippen LogP contribution in [0.4, 0.5) is 0 Å². The van der Waals surface area contributed by atoms with Crippen molar-refractivity contribution < 1.29 is 9.90 Å². The summed E-state index contributed by atoms with van der Waals surface area (Å²) >= 11 is 0. The average Bonchev–Trinajstić information content (AvgIpc) is 2.99. The van der Waals surface area contributed by atoms with E-state index < -0.39 is 5.97 Å². The van der Waals surface area contributed by atoms with Crippen LogP contribution in [0.15, 0.2) is 6.20 Å². The number of fused-ring (bicyclic) bond motifs is 1. The number of carboxylic acids is 1. The van der Waals surface area contributed by atoms with Crippen molar-refractivity contribution in [3.05, 3.63) is 23.3 Å². The van der Waals surface area contributed by atoms with Gasteiger partial charge in [-0.15, -0.1) is 0 Å². The van der Waals surface area contributed by atoms with Crippen LogP contribution < -0.4 is 0 Å². The van der Waals surface area contributed by atoms with Gasteiger partial charge in [-0.05, 0) is 26.7 Å². The smallest absolute Gasteiger partial charge is 0.338 e. The number of aryl methyl sites for hydroxylation is 2. The van der Waals surface area contributed by atoms with Crippen LogP contribution >= 0.6 is 0 Å². The molecule has 0 atom stereocenters. The molecule has 1 aliphatic rings. The molecule has 0 bridgehead atoms. The molecule has 88 valence electrons. The Morgan fingerprint density at radius 2 is 2.12 bits per heavy atom. The molecule has 1 fully saturated rings. The zero-order valence-electron chi connectivity index (χ0n) is 9.77. The molecule has 0 amide bonds. The molecule has 2 aromatic heterocycles. The second-order valence-electron chi connectivity index (χ2n) is 4.54. The van der Waals surface area contributed by atoms with Crippen molar-refractivity contribution in [2.45, 2.75) is 32.7 Å². The number of nitrogens with zero attached hydrogens (tertiary/aromatic N) is 3. The highest BCUT2D eigenvalue weighted by Crippen LogP contribution is 2.38. The zero-order valence-corrected chi connectivity index (χ0v) is 9.77. The molecule has 5 nitrogen and oxygen atoms in total. The maximum atomic E-state index is 11.2. The summed E-state index contributed by atoms with van der Waals surface area (Å²) in [6, 6.07) is 0.416. The van der Waals surface area contributed by atoms with Crippen LogP contribution in [0.1, 0.15) is 40.8 Å². The summed E-state index contributed by atoms with van der Waals surface area (Å²) < 4.78 is 1.99. The minimum absolute atomic E-state index is 0.310. The van der Waals surface area contributed by atoms with E-state index in [4.69, 9.17) is 0 Å². The van der Waals surface area contributed by atoms with Crippen LogP contribution in [-0.2, 0) is 0 Å². The van der Waals surface area contributed by atoms with E-state index in [1.807, 2.05) is 18.4 Å². The van der Waals surface area contributed by atoms with Crippen LogP contribution in [0.3, 0.4) is 0 Å².